The van der Waals surface area contributed by atoms with Crippen molar-refractivity contribution < 1.29 is 9.90 Å². The molecule has 1 N–H and O–H groups in total. The van der Waals surface area contributed by atoms with Crippen LogP contribution in [-0.2, 0) is 0 Å². The molecule has 2 heterocycles. The molecule has 20 heavy (non-hydrogen) atoms. The summed E-state index contributed by atoms with van der Waals surface area (Å²) in [6, 6.07) is 1.86. The van der Waals surface area contributed by atoms with Gasteiger partial charge in [0.15, 0.2) is 5.16 Å². The molecule has 0 fully saturated rings. The van der Waals surface area contributed by atoms with Gasteiger partial charge in [-0.25, -0.2) is 14.8 Å². The van der Waals surface area contributed by atoms with Crippen molar-refractivity contribution in [1.29, 1.82) is 0 Å². The molecule has 0 saturated heterocycles. The lowest BCUT2D eigenvalue weighted by Crippen LogP contribution is -2.08. The quantitative estimate of drug-likeness (QED) is 0.868. The second kappa shape index (κ2) is 5.54. The van der Waals surface area contributed by atoms with E-state index in [0.29, 0.717) is 21.4 Å². The van der Waals surface area contributed by atoms with Crippen LogP contribution in [0.3, 0.4) is 0 Å². The van der Waals surface area contributed by atoms with Crippen molar-refractivity contribution >= 4 is 17.7 Å². The second-order valence-electron chi connectivity index (χ2n) is 4.43. The summed E-state index contributed by atoms with van der Waals surface area (Å²) in [4.78, 5) is 19.9. The molecule has 0 aromatic carbocycles. The number of nitrogens with zero attached hydrogens (tertiary/aromatic N) is 4. The highest BCUT2D eigenvalue weighted by Crippen LogP contribution is 2.28. The van der Waals surface area contributed by atoms with Gasteiger partial charge < -0.3 is 5.11 Å². The molecule has 0 radical (unpaired) electrons. The molecule has 2 rings (SSSR count). The maximum atomic E-state index is 11.4. The topological polar surface area (TPSA) is 88.9 Å². The highest BCUT2D eigenvalue weighted by Gasteiger charge is 2.19. The van der Waals surface area contributed by atoms with E-state index >= 15 is 0 Å². The second-order valence-corrected chi connectivity index (χ2v) is 5.39. The molecule has 2 aromatic heterocycles. The third-order valence-electron chi connectivity index (χ3n) is 2.79. The lowest BCUT2D eigenvalue weighted by Gasteiger charge is -2.08. The first-order valence-electron chi connectivity index (χ1n) is 5.95. The molecular formula is C13H14N4O2S. The van der Waals surface area contributed by atoms with Crippen LogP contribution in [-0.4, -0.2) is 31.2 Å². The average Bonchev–Trinajstić information content (AvgIpc) is 2.32. The van der Waals surface area contributed by atoms with Crippen molar-refractivity contribution in [3.8, 4) is 0 Å². The van der Waals surface area contributed by atoms with Gasteiger partial charge in [-0.15, -0.1) is 5.10 Å². The molecule has 0 atom stereocenters. The standard InChI is InChI=1S/C13H14N4O2S/c1-6-5-7(2)15-13(14-6)20-11-10(12(18)19)8(3)9(4)16-17-11/h5H,1-4H3,(H,18,19). The van der Waals surface area contributed by atoms with Crippen LogP contribution < -0.4 is 0 Å². The number of aryl methyl sites for hydroxylation is 3. The Labute approximate surface area is 120 Å². The van der Waals surface area contributed by atoms with Gasteiger partial charge in [-0.2, -0.15) is 5.10 Å². The Hall–Kier alpha value is -2.02. The molecule has 0 spiro atoms. The summed E-state index contributed by atoms with van der Waals surface area (Å²) in [5.41, 5.74) is 3.03. The zero-order valence-corrected chi connectivity index (χ0v) is 12.4. The smallest absolute Gasteiger partial charge is 0.338 e. The molecule has 0 aliphatic heterocycles. The van der Waals surface area contributed by atoms with Crippen LogP contribution in [0.1, 0.15) is 33.0 Å². The summed E-state index contributed by atoms with van der Waals surface area (Å²) in [5, 5.41) is 18.1. The van der Waals surface area contributed by atoms with Crippen LogP contribution >= 0.6 is 11.8 Å². The van der Waals surface area contributed by atoms with E-state index in [-0.39, 0.29) is 5.56 Å². The number of hydrogen-bond donors (Lipinski definition) is 1. The fraction of sp³-hybridized carbons (Fsp3) is 0.308. The van der Waals surface area contributed by atoms with E-state index in [1.165, 1.54) is 0 Å². The van der Waals surface area contributed by atoms with Gasteiger partial charge in [0.25, 0.3) is 0 Å². The number of carboxylic acids is 1. The largest absolute Gasteiger partial charge is 0.478 e. The first-order chi connectivity index (χ1) is 9.38. The molecule has 0 bridgehead atoms. The number of rotatable bonds is 3. The van der Waals surface area contributed by atoms with Gasteiger partial charge in [0.2, 0.25) is 0 Å². The third kappa shape index (κ3) is 2.93. The number of aromatic carboxylic acids is 1. The van der Waals surface area contributed by atoms with E-state index < -0.39 is 5.97 Å². The van der Waals surface area contributed by atoms with Gasteiger partial charge in [0, 0.05) is 11.4 Å². The first kappa shape index (κ1) is 14.4. The van der Waals surface area contributed by atoms with E-state index in [4.69, 9.17) is 0 Å². The minimum atomic E-state index is -1.02. The summed E-state index contributed by atoms with van der Waals surface area (Å²) in [6.45, 7) is 7.18. The lowest BCUT2D eigenvalue weighted by atomic mass is 10.1. The summed E-state index contributed by atoms with van der Waals surface area (Å²) in [6.07, 6.45) is 0. The molecule has 0 saturated carbocycles. The lowest BCUT2D eigenvalue weighted by molar-refractivity contribution is 0.0690. The minimum Gasteiger partial charge on any atom is -0.478 e. The van der Waals surface area contributed by atoms with Crippen LogP contribution in [0.4, 0.5) is 0 Å². The monoisotopic (exact) mass is 290 g/mol. The van der Waals surface area contributed by atoms with Crippen molar-refractivity contribution in [3.63, 3.8) is 0 Å². The maximum absolute atomic E-state index is 11.4. The number of carbonyl (C=O) groups is 1. The Morgan fingerprint density at radius 3 is 2.25 bits per heavy atom. The molecular weight excluding hydrogens is 276 g/mol. The summed E-state index contributed by atoms with van der Waals surface area (Å²) in [5.74, 6) is -1.02. The predicted octanol–water partition coefficient (Wildman–Crippen LogP) is 2.35. The Kier molecular flexibility index (Phi) is 3.99. The summed E-state index contributed by atoms with van der Waals surface area (Å²) < 4.78 is 0. The maximum Gasteiger partial charge on any atom is 0.338 e. The van der Waals surface area contributed by atoms with Gasteiger partial charge >= 0.3 is 5.97 Å². The van der Waals surface area contributed by atoms with E-state index in [2.05, 4.69) is 20.2 Å². The van der Waals surface area contributed by atoms with Crippen LogP contribution in [0.2, 0.25) is 0 Å². The average molecular weight is 290 g/mol. The number of carboxylic acid groups (broad SMARTS) is 1. The highest BCUT2D eigenvalue weighted by molar-refractivity contribution is 7.99. The van der Waals surface area contributed by atoms with Crippen LogP contribution in [0, 0.1) is 27.7 Å². The SMILES string of the molecule is Cc1cc(C)nc(Sc2nnc(C)c(C)c2C(=O)O)n1. The molecule has 0 aliphatic rings. The zero-order valence-electron chi connectivity index (χ0n) is 11.6. The Morgan fingerprint density at radius 1 is 1.10 bits per heavy atom. The van der Waals surface area contributed by atoms with E-state index in [1.807, 2.05) is 19.9 Å². The van der Waals surface area contributed by atoms with Crippen molar-refractivity contribution in [3.05, 3.63) is 34.3 Å². The number of aromatic nitrogens is 4. The Balaban J connectivity index is 2.48. The van der Waals surface area contributed by atoms with Crippen molar-refractivity contribution in [1.82, 2.24) is 20.2 Å². The summed E-state index contributed by atoms with van der Waals surface area (Å²) in [7, 11) is 0. The Morgan fingerprint density at radius 2 is 1.70 bits per heavy atom. The highest BCUT2D eigenvalue weighted by atomic mass is 32.2. The van der Waals surface area contributed by atoms with Gasteiger partial charge in [-0.05, 0) is 51.1 Å². The summed E-state index contributed by atoms with van der Waals surface area (Å²) >= 11 is 1.12. The van der Waals surface area contributed by atoms with E-state index in [0.717, 1.165) is 23.1 Å². The molecule has 0 amide bonds. The zero-order chi connectivity index (χ0) is 14.9. The Bertz CT molecular complexity index is 668. The molecule has 0 aliphatic carbocycles. The predicted molar refractivity (Wildman–Crippen MR) is 74.1 cm³/mol. The molecule has 0 unspecified atom stereocenters. The van der Waals surface area contributed by atoms with E-state index in [9.17, 15) is 9.90 Å². The van der Waals surface area contributed by atoms with Gasteiger partial charge in [-0.3, -0.25) is 0 Å². The molecule has 6 nitrogen and oxygen atoms in total. The van der Waals surface area contributed by atoms with Gasteiger partial charge in [0.05, 0.1) is 11.3 Å². The number of hydrogen-bond acceptors (Lipinski definition) is 6. The van der Waals surface area contributed by atoms with Crippen molar-refractivity contribution in [2.45, 2.75) is 37.9 Å². The molecule has 2 aromatic rings. The fourth-order valence-electron chi connectivity index (χ4n) is 1.74. The van der Waals surface area contributed by atoms with Gasteiger partial charge in [-0.1, -0.05) is 0 Å². The first-order valence-corrected chi connectivity index (χ1v) is 6.77. The minimum absolute atomic E-state index is 0.158. The van der Waals surface area contributed by atoms with Crippen molar-refractivity contribution in [2.24, 2.45) is 0 Å². The third-order valence-corrected chi connectivity index (χ3v) is 3.63. The van der Waals surface area contributed by atoms with Crippen LogP contribution in [0.15, 0.2) is 16.2 Å². The molecule has 7 heteroatoms. The normalized spacial score (nSPS) is 10.6. The molecule has 104 valence electrons. The van der Waals surface area contributed by atoms with Crippen LogP contribution in [0.25, 0.3) is 0 Å². The van der Waals surface area contributed by atoms with Crippen molar-refractivity contribution in [2.75, 3.05) is 0 Å². The van der Waals surface area contributed by atoms with E-state index in [1.54, 1.807) is 13.8 Å². The van der Waals surface area contributed by atoms with Gasteiger partial charge in [0.1, 0.15) is 5.03 Å². The van der Waals surface area contributed by atoms with Crippen LogP contribution in [0.5, 0.6) is 0 Å². The fourth-order valence-corrected chi connectivity index (χ4v) is 2.71.